The number of benzene rings is 1. The summed E-state index contributed by atoms with van der Waals surface area (Å²) in [5, 5.41) is 0.739. The fourth-order valence-electron chi connectivity index (χ4n) is 1.23. The number of oxazole rings is 1. The van der Waals surface area contributed by atoms with Crippen LogP contribution in [0.15, 0.2) is 22.6 Å². The van der Waals surface area contributed by atoms with Gasteiger partial charge in [0, 0.05) is 5.33 Å². The number of hydrogen-bond acceptors (Lipinski definition) is 4. The van der Waals surface area contributed by atoms with Crippen LogP contribution >= 0.6 is 15.9 Å². The van der Waals surface area contributed by atoms with Gasteiger partial charge in [-0.05, 0) is 17.7 Å². The summed E-state index contributed by atoms with van der Waals surface area (Å²) in [6, 6.07) is 5.55. The molecule has 0 aliphatic heterocycles. The first kappa shape index (κ1) is 10.2. The smallest absolute Gasteiger partial charge is 0.394 e. The quantitative estimate of drug-likeness (QED) is 0.621. The highest BCUT2D eigenvalue weighted by molar-refractivity contribution is 9.08. The molecule has 0 saturated carbocycles. The van der Waals surface area contributed by atoms with Crippen LogP contribution in [0.4, 0.5) is 0 Å². The van der Waals surface area contributed by atoms with Crippen LogP contribution in [0.1, 0.15) is 16.2 Å². The van der Waals surface area contributed by atoms with Gasteiger partial charge in [-0.2, -0.15) is 0 Å². The van der Waals surface area contributed by atoms with Crippen molar-refractivity contribution in [3.8, 4) is 0 Å². The number of esters is 1. The van der Waals surface area contributed by atoms with Gasteiger partial charge in [0.05, 0.1) is 7.11 Å². The van der Waals surface area contributed by atoms with Gasteiger partial charge in [0.1, 0.15) is 5.52 Å². The van der Waals surface area contributed by atoms with E-state index in [1.54, 1.807) is 6.07 Å². The third-order valence-electron chi connectivity index (χ3n) is 1.97. The second-order valence-corrected chi connectivity index (χ2v) is 3.51. The van der Waals surface area contributed by atoms with Crippen molar-refractivity contribution in [2.45, 2.75) is 5.33 Å². The lowest BCUT2D eigenvalue weighted by atomic mass is 10.2. The largest absolute Gasteiger partial charge is 0.462 e. The van der Waals surface area contributed by atoms with Crippen molar-refractivity contribution >= 4 is 33.0 Å². The molecule has 2 aromatic rings. The van der Waals surface area contributed by atoms with Gasteiger partial charge in [-0.1, -0.05) is 22.0 Å². The molecular weight excluding hydrogens is 262 g/mol. The third-order valence-corrected chi connectivity index (χ3v) is 2.61. The molecule has 0 unspecified atom stereocenters. The van der Waals surface area contributed by atoms with E-state index < -0.39 is 5.97 Å². The standard InChI is InChI=1S/C10H8BrNO3/c1-14-10(13)9-12-7-4-6(5-11)2-3-8(7)15-9/h2-4H,5H2,1H3. The predicted molar refractivity (Wildman–Crippen MR) is 58.0 cm³/mol. The normalized spacial score (nSPS) is 10.5. The highest BCUT2D eigenvalue weighted by Gasteiger charge is 2.14. The molecule has 0 atom stereocenters. The maximum Gasteiger partial charge on any atom is 0.394 e. The number of ether oxygens (including phenoxy) is 1. The Morgan fingerprint density at radius 3 is 3.07 bits per heavy atom. The molecule has 2 rings (SSSR count). The molecule has 4 nitrogen and oxygen atoms in total. The minimum Gasteiger partial charge on any atom is -0.462 e. The Morgan fingerprint density at radius 1 is 1.60 bits per heavy atom. The second kappa shape index (κ2) is 4.02. The third kappa shape index (κ3) is 1.87. The highest BCUT2D eigenvalue weighted by atomic mass is 79.9. The van der Waals surface area contributed by atoms with Crippen molar-refractivity contribution in [2.24, 2.45) is 0 Å². The lowest BCUT2D eigenvalue weighted by Gasteiger charge is -1.91. The molecule has 0 bridgehead atoms. The number of carbonyl (C=O) groups excluding carboxylic acids is 1. The highest BCUT2D eigenvalue weighted by Crippen LogP contribution is 2.18. The summed E-state index contributed by atoms with van der Waals surface area (Å²) in [5.74, 6) is -0.578. The zero-order valence-electron chi connectivity index (χ0n) is 7.99. The molecule has 0 saturated heterocycles. The van der Waals surface area contributed by atoms with Gasteiger partial charge in [-0.3, -0.25) is 0 Å². The molecule has 0 radical (unpaired) electrons. The van der Waals surface area contributed by atoms with Crippen LogP contribution < -0.4 is 0 Å². The van der Waals surface area contributed by atoms with E-state index in [0.717, 1.165) is 10.9 Å². The number of methoxy groups -OCH3 is 1. The molecule has 0 spiro atoms. The van der Waals surface area contributed by atoms with Crippen LogP contribution in [0, 0.1) is 0 Å². The number of alkyl halides is 1. The molecule has 5 heteroatoms. The van der Waals surface area contributed by atoms with E-state index in [0.29, 0.717) is 11.1 Å². The summed E-state index contributed by atoms with van der Waals surface area (Å²) in [5.41, 5.74) is 2.32. The molecule has 1 aromatic carbocycles. The molecule has 15 heavy (non-hydrogen) atoms. The van der Waals surface area contributed by atoms with Gasteiger partial charge in [-0.15, -0.1) is 0 Å². The molecule has 0 N–H and O–H groups in total. The number of fused-ring (bicyclic) bond motifs is 1. The number of rotatable bonds is 2. The lowest BCUT2D eigenvalue weighted by molar-refractivity contribution is 0.0559. The van der Waals surface area contributed by atoms with Gasteiger partial charge < -0.3 is 9.15 Å². The van der Waals surface area contributed by atoms with Crippen molar-refractivity contribution in [1.82, 2.24) is 4.98 Å². The van der Waals surface area contributed by atoms with Crippen molar-refractivity contribution < 1.29 is 13.9 Å². The number of nitrogens with zero attached hydrogens (tertiary/aromatic N) is 1. The Balaban J connectivity index is 2.51. The Bertz CT molecular complexity index is 506. The Hall–Kier alpha value is -1.36. The summed E-state index contributed by atoms with van der Waals surface area (Å²) in [6.45, 7) is 0. The average molecular weight is 270 g/mol. The van der Waals surface area contributed by atoms with Crippen LogP contribution in [0.2, 0.25) is 0 Å². The number of hydrogen-bond donors (Lipinski definition) is 0. The minimum absolute atomic E-state index is 0.0146. The number of aromatic nitrogens is 1. The molecule has 0 aliphatic carbocycles. The van der Waals surface area contributed by atoms with Gasteiger partial charge in [0.15, 0.2) is 5.58 Å². The predicted octanol–water partition coefficient (Wildman–Crippen LogP) is 2.51. The van der Waals surface area contributed by atoms with E-state index in [1.807, 2.05) is 12.1 Å². The van der Waals surface area contributed by atoms with E-state index in [4.69, 9.17) is 4.42 Å². The fraction of sp³-hybridized carbons (Fsp3) is 0.200. The Kier molecular flexibility index (Phi) is 2.73. The van der Waals surface area contributed by atoms with E-state index in [-0.39, 0.29) is 5.89 Å². The van der Waals surface area contributed by atoms with Crippen LogP contribution in [-0.4, -0.2) is 18.1 Å². The van der Waals surface area contributed by atoms with E-state index in [2.05, 4.69) is 25.7 Å². The summed E-state index contributed by atoms with van der Waals surface area (Å²) >= 11 is 3.34. The number of halogens is 1. The molecule has 0 aliphatic rings. The molecular formula is C10H8BrNO3. The molecule has 1 aromatic heterocycles. The van der Waals surface area contributed by atoms with Crippen molar-refractivity contribution in [2.75, 3.05) is 7.11 Å². The maximum absolute atomic E-state index is 11.1. The molecule has 0 fully saturated rings. The van der Waals surface area contributed by atoms with E-state index in [9.17, 15) is 4.79 Å². The van der Waals surface area contributed by atoms with Crippen molar-refractivity contribution in [1.29, 1.82) is 0 Å². The summed E-state index contributed by atoms with van der Waals surface area (Å²) < 4.78 is 9.74. The van der Waals surface area contributed by atoms with Crippen LogP contribution in [0.25, 0.3) is 11.1 Å². The van der Waals surface area contributed by atoms with Crippen molar-refractivity contribution in [3.05, 3.63) is 29.7 Å². The first-order chi connectivity index (χ1) is 7.24. The van der Waals surface area contributed by atoms with E-state index >= 15 is 0 Å². The van der Waals surface area contributed by atoms with E-state index in [1.165, 1.54) is 7.11 Å². The van der Waals surface area contributed by atoms with Crippen LogP contribution in [-0.2, 0) is 10.1 Å². The Morgan fingerprint density at radius 2 is 2.40 bits per heavy atom. The Labute approximate surface area is 94.4 Å². The zero-order chi connectivity index (χ0) is 10.8. The molecule has 0 amide bonds. The summed E-state index contributed by atoms with van der Waals surface area (Å²) in [4.78, 5) is 15.2. The second-order valence-electron chi connectivity index (χ2n) is 2.95. The lowest BCUT2D eigenvalue weighted by Crippen LogP contribution is -2.00. The SMILES string of the molecule is COC(=O)c1nc2cc(CBr)ccc2o1. The van der Waals surface area contributed by atoms with Gasteiger partial charge in [0.25, 0.3) is 0 Å². The first-order valence-corrected chi connectivity index (χ1v) is 5.40. The van der Waals surface area contributed by atoms with Gasteiger partial charge >= 0.3 is 11.9 Å². The zero-order valence-corrected chi connectivity index (χ0v) is 9.58. The number of carbonyl (C=O) groups is 1. The molecule has 1 heterocycles. The summed E-state index contributed by atoms with van der Waals surface area (Å²) in [6.07, 6.45) is 0. The maximum atomic E-state index is 11.1. The summed E-state index contributed by atoms with van der Waals surface area (Å²) in [7, 11) is 1.29. The monoisotopic (exact) mass is 269 g/mol. The van der Waals surface area contributed by atoms with Crippen LogP contribution in [0.3, 0.4) is 0 Å². The average Bonchev–Trinajstić information content (AvgIpc) is 2.70. The van der Waals surface area contributed by atoms with Crippen molar-refractivity contribution in [3.63, 3.8) is 0 Å². The minimum atomic E-state index is -0.563. The van der Waals surface area contributed by atoms with Gasteiger partial charge in [-0.25, -0.2) is 9.78 Å². The topological polar surface area (TPSA) is 52.3 Å². The molecule has 78 valence electrons. The van der Waals surface area contributed by atoms with Gasteiger partial charge in [0.2, 0.25) is 0 Å². The van der Waals surface area contributed by atoms with Crippen LogP contribution in [0.5, 0.6) is 0 Å². The fourth-order valence-corrected chi connectivity index (χ4v) is 1.58. The first-order valence-electron chi connectivity index (χ1n) is 4.28.